The standard InChI is InChI=1S/C10H21NO4/c1-3-6-15-8-10(13)11-9(4-5-12)7-14-2/h9,12H,3-8H2,1-2H3,(H,11,13). The van der Waals surface area contributed by atoms with E-state index in [1.54, 1.807) is 7.11 Å². The first-order chi connectivity index (χ1) is 7.24. The molecule has 1 unspecified atom stereocenters. The van der Waals surface area contributed by atoms with Crippen LogP contribution in [0.15, 0.2) is 0 Å². The molecule has 0 aromatic heterocycles. The molecule has 1 atom stereocenters. The number of aliphatic hydroxyl groups is 1. The van der Waals surface area contributed by atoms with Gasteiger partial charge in [0, 0.05) is 20.3 Å². The Morgan fingerprint density at radius 2 is 2.27 bits per heavy atom. The van der Waals surface area contributed by atoms with Crippen molar-refractivity contribution in [1.29, 1.82) is 0 Å². The first-order valence-electron chi connectivity index (χ1n) is 5.21. The molecule has 0 saturated heterocycles. The fraction of sp³-hybridized carbons (Fsp3) is 0.900. The van der Waals surface area contributed by atoms with E-state index in [0.29, 0.717) is 19.6 Å². The third-order valence-electron chi connectivity index (χ3n) is 1.79. The Hall–Kier alpha value is -0.650. The third kappa shape index (κ3) is 8.35. The first-order valence-corrected chi connectivity index (χ1v) is 5.21. The smallest absolute Gasteiger partial charge is 0.246 e. The molecular formula is C10H21NO4. The largest absolute Gasteiger partial charge is 0.396 e. The molecule has 0 spiro atoms. The molecule has 0 heterocycles. The van der Waals surface area contributed by atoms with Gasteiger partial charge in [-0.05, 0) is 12.8 Å². The van der Waals surface area contributed by atoms with Gasteiger partial charge in [-0.15, -0.1) is 0 Å². The summed E-state index contributed by atoms with van der Waals surface area (Å²) >= 11 is 0. The summed E-state index contributed by atoms with van der Waals surface area (Å²) in [5.41, 5.74) is 0. The zero-order chi connectivity index (χ0) is 11.5. The van der Waals surface area contributed by atoms with E-state index >= 15 is 0 Å². The second-order valence-corrected chi connectivity index (χ2v) is 3.28. The molecule has 15 heavy (non-hydrogen) atoms. The summed E-state index contributed by atoms with van der Waals surface area (Å²) in [5, 5.41) is 11.5. The third-order valence-corrected chi connectivity index (χ3v) is 1.79. The summed E-state index contributed by atoms with van der Waals surface area (Å²) in [6.07, 6.45) is 1.39. The fourth-order valence-electron chi connectivity index (χ4n) is 1.13. The molecule has 0 aliphatic heterocycles. The Balaban J connectivity index is 3.67. The van der Waals surface area contributed by atoms with E-state index in [1.807, 2.05) is 6.92 Å². The predicted octanol–water partition coefficient (Wildman–Crippen LogP) is -0.0734. The number of rotatable bonds is 9. The van der Waals surface area contributed by atoms with Gasteiger partial charge in [-0.3, -0.25) is 4.79 Å². The minimum Gasteiger partial charge on any atom is -0.396 e. The zero-order valence-corrected chi connectivity index (χ0v) is 9.49. The molecule has 1 amide bonds. The predicted molar refractivity (Wildman–Crippen MR) is 56.6 cm³/mol. The molecule has 0 saturated carbocycles. The topological polar surface area (TPSA) is 67.8 Å². The van der Waals surface area contributed by atoms with Crippen LogP contribution in [0.3, 0.4) is 0 Å². The second kappa shape index (κ2) is 9.89. The number of hydrogen-bond acceptors (Lipinski definition) is 4. The van der Waals surface area contributed by atoms with E-state index in [9.17, 15) is 4.79 Å². The molecule has 5 nitrogen and oxygen atoms in total. The number of carbonyl (C=O) groups excluding carboxylic acids is 1. The molecule has 0 aromatic rings. The van der Waals surface area contributed by atoms with Gasteiger partial charge >= 0.3 is 0 Å². The Morgan fingerprint density at radius 1 is 1.53 bits per heavy atom. The molecular weight excluding hydrogens is 198 g/mol. The number of carbonyl (C=O) groups is 1. The number of aliphatic hydroxyl groups excluding tert-OH is 1. The minimum absolute atomic E-state index is 0.0319. The summed E-state index contributed by atoms with van der Waals surface area (Å²) in [6, 6.07) is -0.141. The second-order valence-electron chi connectivity index (χ2n) is 3.28. The number of ether oxygens (including phenoxy) is 2. The Bertz CT molecular complexity index is 158. The number of methoxy groups -OCH3 is 1. The van der Waals surface area contributed by atoms with Crippen molar-refractivity contribution in [3.05, 3.63) is 0 Å². The van der Waals surface area contributed by atoms with Crippen molar-refractivity contribution in [2.24, 2.45) is 0 Å². The highest BCUT2D eigenvalue weighted by molar-refractivity contribution is 5.77. The first kappa shape index (κ1) is 14.3. The summed E-state index contributed by atoms with van der Waals surface area (Å²) < 4.78 is 10.0. The molecule has 0 rings (SSSR count). The van der Waals surface area contributed by atoms with Gasteiger partial charge in [0.05, 0.1) is 12.6 Å². The van der Waals surface area contributed by atoms with Crippen molar-refractivity contribution < 1.29 is 19.4 Å². The van der Waals surface area contributed by atoms with Gasteiger partial charge in [-0.25, -0.2) is 0 Å². The highest BCUT2D eigenvalue weighted by Crippen LogP contribution is 1.92. The van der Waals surface area contributed by atoms with Crippen LogP contribution in [0, 0.1) is 0 Å². The number of amides is 1. The van der Waals surface area contributed by atoms with Gasteiger partial charge in [0.25, 0.3) is 0 Å². The van der Waals surface area contributed by atoms with Crippen LogP contribution in [0.25, 0.3) is 0 Å². The molecule has 0 aromatic carbocycles. The molecule has 90 valence electrons. The van der Waals surface area contributed by atoms with E-state index in [4.69, 9.17) is 14.6 Å². The van der Waals surface area contributed by atoms with Gasteiger partial charge in [-0.2, -0.15) is 0 Å². The van der Waals surface area contributed by atoms with Gasteiger partial charge in [0.1, 0.15) is 6.61 Å². The molecule has 0 radical (unpaired) electrons. The van der Waals surface area contributed by atoms with Crippen LogP contribution < -0.4 is 5.32 Å². The maximum Gasteiger partial charge on any atom is 0.246 e. The Labute approximate surface area is 90.8 Å². The SMILES string of the molecule is CCCOCC(=O)NC(CCO)COC. The highest BCUT2D eigenvalue weighted by Gasteiger charge is 2.11. The summed E-state index contributed by atoms with van der Waals surface area (Å²) in [6.45, 7) is 3.07. The van der Waals surface area contributed by atoms with Crippen LogP contribution in [-0.2, 0) is 14.3 Å². The van der Waals surface area contributed by atoms with E-state index in [-0.39, 0.29) is 25.2 Å². The van der Waals surface area contributed by atoms with Crippen LogP contribution in [0.5, 0.6) is 0 Å². The van der Waals surface area contributed by atoms with E-state index in [1.165, 1.54) is 0 Å². The van der Waals surface area contributed by atoms with E-state index < -0.39 is 0 Å². The monoisotopic (exact) mass is 219 g/mol. The number of hydrogen-bond donors (Lipinski definition) is 2. The lowest BCUT2D eigenvalue weighted by molar-refractivity contribution is -0.126. The lowest BCUT2D eigenvalue weighted by Gasteiger charge is -2.16. The molecule has 0 bridgehead atoms. The maximum absolute atomic E-state index is 11.3. The molecule has 2 N–H and O–H groups in total. The molecule has 0 aliphatic carbocycles. The molecule has 0 aliphatic rings. The number of nitrogens with one attached hydrogen (secondary N) is 1. The Kier molecular flexibility index (Phi) is 9.46. The molecule has 5 heteroatoms. The average molecular weight is 219 g/mol. The van der Waals surface area contributed by atoms with Crippen molar-refractivity contribution in [1.82, 2.24) is 5.32 Å². The van der Waals surface area contributed by atoms with Crippen LogP contribution >= 0.6 is 0 Å². The van der Waals surface area contributed by atoms with Gasteiger partial charge in [0.15, 0.2) is 0 Å². The minimum atomic E-state index is -0.168. The van der Waals surface area contributed by atoms with Crippen LogP contribution in [0.2, 0.25) is 0 Å². The normalized spacial score (nSPS) is 12.5. The van der Waals surface area contributed by atoms with Crippen LogP contribution in [0.1, 0.15) is 19.8 Å². The summed E-state index contributed by atoms with van der Waals surface area (Å²) in [5.74, 6) is -0.168. The summed E-state index contributed by atoms with van der Waals surface area (Å²) in [7, 11) is 1.56. The molecule has 0 fully saturated rings. The van der Waals surface area contributed by atoms with Crippen molar-refractivity contribution in [3.63, 3.8) is 0 Å². The van der Waals surface area contributed by atoms with Gasteiger partial charge < -0.3 is 19.9 Å². The maximum atomic E-state index is 11.3. The van der Waals surface area contributed by atoms with Crippen LogP contribution in [0.4, 0.5) is 0 Å². The van der Waals surface area contributed by atoms with Crippen molar-refractivity contribution in [2.75, 3.05) is 33.5 Å². The Morgan fingerprint density at radius 3 is 2.80 bits per heavy atom. The van der Waals surface area contributed by atoms with Crippen LogP contribution in [-0.4, -0.2) is 50.6 Å². The van der Waals surface area contributed by atoms with Gasteiger partial charge in [-0.1, -0.05) is 6.92 Å². The van der Waals surface area contributed by atoms with Crippen molar-refractivity contribution >= 4 is 5.91 Å². The van der Waals surface area contributed by atoms with Crippen molar-refractivity contribution in [3.8, 4) is 0 Å². The summed E-state index contributed by atoms with van der Waals surface area (Å²) in [4.78, 5) is 11.3. The zero-order valence-electron chi connectivity index (χ0n) is 9.49. The fourth-order valence-corrected chi connectivity index (χ4v) is 1.13. The lowest BCUT2D eigenvalue weighted by atomic mass is 10.2. The quantitative estimate of drug-likeness (QED) is 0.533. The lowest BCUT2D eigenvalue weighted by Crippen LogP contribution is -2.40. The van der Waals surface area contributed by atoms with E-state index in [2.05, 4.69) is 5.32 Å². The van der Waals surface area contributed by atoms with E-state index in [0.717, 1.165) is 6.42 Å². The van der Waals surface area contributed by atoms with Gasteiger partial charge in [0.2, 0.25) is 5.91 Å². The highest BCUT2D eigenvalue weighted by atomic mass is 16.5. The van der Waals surface area contributed by atoms with Crippen molar-refractivity contribution in [2.45, 2.75) is 25.8 Å². The average Bonchev–Trinajstić information content (AvgIpc) is 2.19.